The van der Waals surface area contributed by atoms with Crippen molar-refractivity contribution < 1.29 is 9.59 Å². The molecule has 1 saturated heterocycles. The van der Waals surface area contributed by atoms with Gasteiger partial charge in [-0.05, 0) is 24.6 Å². The minimum absolute atomic E-state index is 0.665. The van der Waals surface area contributed by atoms with Crippen LogP contribution in [0.1, 0.15) is 16.8 Å². The van der Waals surface area contributed by atoms with Crippen molar-refractivity contribution in [1.82, 2.24) is 9.47 Å². The van der Waals surface area contributed by atoms with Crippen LogP contribution in [0, 0.1) is 0 Å². The van der Waals surface area contributed by atoms with Gasteiger partial charge in [-0.25, -0.2) is 0 Å². The van der Waals surface area contributed by atoms with Crippen molar-refractivity contribution >= 4 is 29.4 Å². The predicted octanol–water partition coefficient (Wildman–Crippen LogP) is 3.11. The van der Waals surface area contributed by atoms with Gasteiger partial charge in [-0.2, -0.15) is 0 Å². The number of nitrogens with zero attached hydrogens (tertiary/aromatic N) is 3. The fourth-order valence-electron chi connectivity index (χ4n) is 3.77. The molecule has 2 aromatic carbocycles. The highest BCUT2D eigenvalue weighted by Crippen LogP contribution is 2.35. The van der Waals surface area contributed by atoms with Gasteiger partial charge in [0, 0.05) is 37.3 Å². The monoisotopic (exact) mass is 347 g/mol. The van der Waals surface area contributed by atoms with Crippen LogP contribution < -0.4 is 4.90 Å². The van der Waals surface area contributed by atoms with Crippen molar-refractivity contribution in [2.45, 2.75) is 6.42 Å². The van der Waals surface area contributed by atoms with Crippen LogP contribution in [0.2, 0.25) is 0 Å². The number of carbonyl (C=O) groups is 2. The van der Waals surface area contributed by atoms with Gasteiger partial charge in [-0.3, -0.25) is 14.2 Å². The van der Waals surface area contributed by atoms with E-state index in [1.165, 1.54) is 0 Å². The Morgan fingerprint density at radius 1 is 0.808 bits per heavy atom. The topological polar surface area (TPSA) is 45.6 Å². The van der Waals surface area contributed by atoms with Gasteiger partial charge in [0.05, 0.1) is 11.1 Å². The summed E-state index contributed by atoms with van der Waals surface area (Å²) in [6.07, 6.45) is 2.75. The van der Waals surface area contributed by atoms with Crippen molar-refractivity contribution in [3.05, 3.63) is 60.2 Å². The lowest BCUT2D eigenvalue weighted by Gasteiger charge is -2.25. The Morgan fingerprint density at radius 3 is 2.35 bits per heavy atom. The maximum Gasteiger partial charge on any atom is 0.209 e. The highest BCUT2D eigenvalue weighted by Gasteiger charge is 2.24. The minimum Gasteiger partial charge on any atom is -0.355 e. The Morgan fingerprint density at radius 2 is 1.58 bits per heavy atom. The van der Waals surface area contributed by atoms with Crippen LogP contribution in [-0.4, -0.2) is 48.3 Å². The zero-order chi connectivity index (χ0) is 17.9. The Balaban J connectivity index is 1.92. The van der Waals surface area contributed by atoms with E-state index in [0.29, 0.717) is 18.7 Å². The number of anilines is 1. The Kier molecular flexibility index (Phi) is 4.44. The smallest absolute Gasteiger partial charge is 0.209 e. The maximum atomic E-state index is 12.0. The predicted molar refractivity (Wildman–Crippen MR) is 103 cm³/mol. The molecule has 0 spiro atoms. The molecule has 0 saturated carbocycles. The first-order valence-corrected chi connectivity index (χ1v) is 8.92. The molecule has 4 rings (SSSR count). The summed E-state index contributed by atoms with van der Waals surface area (Å²) in [7, 11) is 0. The van der Waals surface area contributed by atoms with Crippen molar-refractivity contribution in [1.29, 1.82) is 0 Å². The van der Waals surface area contributed by atoms with Crippen molar-refractivity contribution in [3.63, 3.8) is 0 Å². The second kappa shape index (κ2) is 7.04. The van der Waals surface area contributed by atoms with E-state index in [0.717, 1.165) is 54.6 Å². The summed E-state index contributed by atoms with van der Waals surface area (Å²) in [5, 5.41) is 0.956. The Bertz CT molecular complexity index is 933. The number of para-hydroxylation sites is 2. The molecule has 1 aliphatic heterocycles. The van der Waals surface area contributed by atoms with E-state index in [9.17, 15) is 9.59 Å². The molecular weight excluding hydrogens is 326 g/mol. The van der Waals surface area contributed by atoms with Crippen LogP contribution in [0.15, 0.2) is 54.6 Å². The molecule has 3 aromatic rings. The first-order valence-electron chi connectivity index (χ1n) is 8.92. The molecule has 1 aromatic heterocycles. The van der Waals surface area contributed by atoms with E-state index in [4.69, 9.17) is 0 Å². The first kappa shape index (κ1) is 16.4. The standard InChI is InChI=1S/C21H21N3O2/c25-15-19-18-9-4-5-10-20(18)24(17-7-2-1-3-8-17)21(19)23-12-6-11-22(16-26)13-14-23/h1-5,7-10,15-16H,6,11-14H2. The van der Waals surface area contributed by atoms with Gasteiger partial charge >= 0.3 is 0 Å². The van der Waals surface area contributed by atoms with Gasteiger partial charge in [0.15, 0.2) is 6.29 Å². The number of fused-ring (bicyclic) bond motifs is 1. The van der Waals surface area contributed by atoms with Crippen molar-refractivity contribution in [3.8, 4) is 5.69 Å². The number of carbonyl (C=O) groups excluding carboxylic acids is 2. The number of aromatic nitrogens is 1. The average Bonchev–Trinajstić information content (AvgIpc) is 2.84. The van der Waals surface area contributed by atoms with Crippen LogP contribution in [0.5, 0.6) is 0 Å². The fourth-order valence-corrected chi connectivity index (χ4v) is 3.77. The van der Waals surface area contributed by atoms with Crippen LogP contribution >= 0.6 is 0 Å². The molecule has 5 heteroatoms. The fraction of sp³-hybridized carbons (Fsp3) is 0.238. The van der Waals surface area contributed by atoms with Gasteiger partial charge in [0.25, 0.3) is 0 Å². The van der Waals surface area contributed by atoms with Crippen molar-refractivity contribution in [2.75, 3.05) is 31.1 Å². The molecule has 26 heavy (non-hydrogen) atoms. The number of rotatable bonds is 4. The Labute approximate surface area is 152 Å². The molecule has 2 heterocycles. The zero-order valence-electron chi connectivity index (χ0n) is 14.5. The van der Waals surface area contributed by atoms with Gasteiger partial charge in [0.1, 0.15) is 5.82 Å². The molecule has 0 N–H and O–H groups in total. The summed E-state index contributed by atoms with van der Waals surface area (Å²) in [5.74, 6) is 0.917. The highest BCUT2D eigenvalue weighted by molar-refractivity contribution is 6.05. The van der Waals surface area contributed by atoms with Gasteiger partial charge < -0.3 is 9.80 Å². The first-order chi connectivity index (χ1) is 12.8. The molecule has 1 fully saturated rings. The van der Waals surface area contributed by atoms with Crippen LogP contribution in [0.25, 0.3) is 16.6 Å². The number of aldehydes is 1. The lowest BCUT2D eigenvalue weighted by atomic mass is 10.2. The summed E-state index contributed by atoms with van der Waals surface area (Å²) in [6.45, 7) is 2.94. The third-order valence-corrected chi connectivity index (χ3v) is 5.00. The van der Waals surface area contributed by atoms with E-state index in [2.05, 4.69) is 21.6 Å². The normalized spacial score (nSPS) is 15.1. The van der Waals surface area contributed by atoms with E-state index in [-0.39, 0.29) is 0 Å². The second-order valence-corrected chi connectivity index (χ2v) is 6.53. The number of hydrogen-bond donors (Lipinski definition) is 0. The van der Waals surface area contributed by atoms with Crippen LogP contribution in [-0.2, 0) is 4.79 Å². The molecule has 0 bridgehead atoms. The summed E-state index contributed by atoms with van der Waals surface area (Å²) >= 11 is 0. The summed E-state index contributed by atoms with van der Waals surface area (Å²) in [5.41, 5.74) is 2.76. The maximum absolute atomic E-state index is 12.0. The highest BCUT2D eigenvalue weighted by atomic mass is 16.1. The van der Waals surface area contributed by atoms with E-state index in [1.807, 2.05) is 42.5 Å². The number of benzene rings is 2. The van der Waals surface area contributed by atoms with Crippen LogP contribution in [0.4, 0.5) is 5.82 Å². The molecular formula is C21H21N3O2. The quantitative estimate of drug-likeness (QED) is 0.681. The molecule has 0 atom stereocenters. The second-order valence-electron chi connectivity index (χ2n) is 6.53. The molecule has 1 aliphatic rings. The van der Waals surface area contributed by atoms with E-state index < -0.39 is 0 Å². The SMILES string of the molecule is O=Cc1c(N2CCCN(C=O)CC2)n(-c2ccccc2)c2ccccc12. The Hall–Kier alpha value is -3.08. The molecule has 5 nitrogen and oxygen atoms in total. The largest absolute Gasteiger partial charge is 0.355 e. The minimum atomic E-state index is 0.665. The van der Waals surface area contributed by atoms with Crippen molar-refractivity contribution in [2.24, 2.45) is 0 Å². The third kappa shape index (κ3) is 2.75. The van der Waals surface area contributed by atoms with E-state index in [1.54, 1.807) is 4.90 Å². The number of hydrogen-bond acceptors (Lipinski definition) is 3. The molecule has 0 unspecified atom stereocenters. The molecule has 0 aliphatic carbocycles. The van der Waals surface area contributed by atoms with E-state index >= 15 is 0 Å². The number of amides is 1. The van der Waals surface area contributed by atoms with Gasteiger partial charge in [0.2, 0.25) is 6.41 Å². The molecule has 1 amide bonds. The van der Waals surface area contributed by atoms with Gasteiger partial charge in [-0.1, -0.05) is 36.4 Å². The summed E-state index contributed by atoms with van der Waals surface area (Å²) < 4.78 is 2.16. The zero-order valence-corrected chi connectivity index (χ0v) is 14.5. The summed E-state index contributed by atoms with van der Waals surface area (Å²) in [4.78, 5) is 27.2. The third-order valence-electron chi connectivity index (χ3n) is 5.00. The molecule has 132 valence electrons. The molecule has 0 radical (unpaired) electrons. The average molecular weight is 347 g/mol. The lowest BCUT2D eigenvalue weighted by molar-refractivity contribution is -0.117. The summed E-state index contributed by atoms with van der Waals surface area (Å²) in [6, 6.07) is 18.1. The van der Waals surface area contributed by atoms with Crippen LogP contribution in [0.3, 0.4) is 0 Å². The van der Waals surface area contributed by atoms with Gasteiger partial charge in [-0.15, -0.1) is 0 Å². The lowest BCUT2D eigenvalue weighted by Crippen LogP contribution is -2.31.